The smallest absolute Gasteiger partial charge is 0.323 e. The maximum atomic E-state index is 13.4. The SMILES string of the molecule is Cc1cc(OCCCC(=O)NCCC[C@@H](N)CS(=O)(=O)O)cc(C)c1S(=O)(=O)N[C@@H](CNC(=O)c1ccc2c(cnn2CCCNc2ncc[nH]2)c1)C(=O)O. The van der Waals surface area contributed by atoms with Gasteiger partial charge in [0.1, 0.15) is 11.8 Å². The van der Waals surface area contributed by atoms with Gasteiger partial charge in [-0.05, 0) is 81.0 Å². The zero-order valence-electron chi connectivity index (χ0n) is 30.4. The molecule has 0 saturated heterocycles. The molecule has 19 nitrogen and oxygen atoms in total. The standard InChI is InChI=1S/C34H47N9O10S2/c1-22-16-27(53-15-4-7-30(44)36-10-3-6-26(35)21-54(48,49)50)17-23(2)31(22)55(51,52)42-28(33(46)47)20-40-32(45)24-8-9-29-25(18-24)19-41-43(29)14-5-11-37-34-38-12-13-39-34/h8-9,12-13,16-19,26,28,42H,3-7,10-11,14-15,20-21,35H2,1-2H3,(H,36,44)(H,40,45)(H,46,47)(H2,37,38,39)(H,48,49,50)/t26-,28+/m1/s1. The maximum absolute atomic E-state index is 13.4. The molecule has 0 aliphatic carbocycles. The highest BCUT2D eigenvalue weighted by atomic mass is 32.2. The van der Waals surface area contributed by atoms with Crippen molar-refractivity contribution in [3.05, 3.63) is 65.6 Å². The number of carboxylic acids is 1. The second-order valence-corrected chi connectivity index (χ2v) is 16.1. The van der Waals surface area contributed by atoms with Crippen molar-refractivity contribution in [2.45, 2.75) is 69.5 Å². The molecule has 2 atom stereocenters. The largest absolute Gasteiger partial charge is 0.494 e. The lowest BCUT2D eigenvalue weighted by Crippen LogP contribution is -2.48. The summed E-state index contributed by atoms with van der Waals surface area (Å²) in [5.74, 6) is -1.84. The predicted octanol–water partition coefficient (Wildman–Crippen LogP) is 1.31. The predicted molar refractivity (Wildman–Crippen MR) is 203 cm³/mol. The maximum Gasteiger partial charge on any atom is 0.323 e. The van der Waals surface area contributed by atoms with Crippen LogP contribution in [0.4, 0.5) is 5.95 Å². The van der Waals surface area contributed by atoms with E-state index in [1.54, 1.807) is 36.8 Å². The van der Waals surface area contributed by atoms with Gasteiger partial charge in [0.05, 0.1) is 29.0 Å². The van der Waals surface area contributed by atoms with E-state index in [4.69, 9.17) is 15.0 Å². The minimum Gasteiger partial charge on any atom is -0.494 e. The highest BCUT2D eigenvalue weighted by molar-refractivity contribution is 7.89. The third-order valence-electron chi connectivity index (χ3n) is 8.32. The number of amides is 2. The summed E-state index contributed by atoms with van der Waals surface area (Å²) in [4.78, 5) is 44.2. The molecule has 0 unspecified atom stereocenters. The Balaban J connectivity index is 1.24. The molecule has 2 aromatic carbocycles. The number of aromatic amines is 1. The number of ether oxygens (including phenoxy) is 1. The summed E-state index contributed by atoms with van der Waals surface area (Å²) in [6, 6.07) is 5.52. The molecule has 21 heteroatoms. The number of nitrogens with one attached hydrogen (secondary N) is 5. The molecule has 300 valence electrons. The third kappa shape index (κ3) is 13.3. The van der Waals surface area contributed by atoms with E-state index >= 15 is 0 Å². The van der Waals surface area contributed by atoms with Crippen molar-refractivity contribution < 1.29 is 45.6 Å². The molecule has 0 bridgehead atoms. The normalized spacial score (nSPS) is 12.9. The quantitative estimate of drug-likeness (QED) is 0.0388. The lowest BCUT2D eigenvalue weighted by atomic mass is 10.1. The molecule has 0 saturated carbocycles. The zero-order chi connectivity index (χ0) is 40.2. The first kappa shape index (κ1) is 42.6. The molecule has 4 rings (SSSR count). The van der Waals surface area contributed by atoms with Crippen LogP contribution in [-0.4, -0.2) is 108 Å². The number of carbonyl (C=O) groups is 3. The number of hydrogen-bond donors (Lipinski definition) is 8. The van der Waals surface area contributed by atoms with Gasteiger partial charge in [-0.2, -0.15) is 18.2 Å². The Morgan fingerprint density at radius 2 is 1.76 bits per heavy atom. The van der Waals surface area contributed by atoms with E-state index in [2.05, 4.69) is 35.7 Å². The summed E-state index contributed by atoms with van der Waals surface area (Å²) in [5.41, 5.74) is 7.29. The van der Waals surface area contributed by atoms with Gasteiger partial charge in [0.25, 0.3) is 16.0 Å². The fraction of sp³-hybridized carbons (Fsp3) is 0.441. The molecule has 2 amide bonds. The molecule has 0 fully saturated rings. The number of H-pyrrole nitrogens is 1. The summed E-state index contributed by atoms with van der Waals surface area (Å²) in [7, 11) is -8.53. The van der Waals surface area contributed by atoms with Crippen LogP contribution in [0.5, 0.6) is 5.75 Å². The minimum atomic E-state index is -4.37. The number of imidazole rings is 1. The van der Waals surface area contributed by atoms with Crippen molar-refractivity contribution in [3.63, 3.8) is 0 Å². The van der Waals surface area contributed by atoms with Gasteiger partial charge in [-0.3, -0.25) is 23.6 Å². The van der Waals surface area contributed by atoms with Crippen molar-refractivity contribution in [1.29, 1.82) is 0 Å². The fourth-order valence-corrected chi connectivity index (χ4v) is 8.15. The number of nitrogens with two attached hydrogens (primary N) is 1. The highest BCUT2D eigenvalue weighted by Gasteiger charge is 2.29. The molecule has 0 radical (unpaired) electrons. The fourth-order valence-electron chi connectivity index (χ4n) is 5.80. The van der Waals surface area contributed by atoms with Crippen molar-refractivity contribution in [3.8, 4) is 5.75 Å². The van der Waals surface area contributed by atoms with E-state index in [0.717, 1.165) is 11.9 Å². The number of sulfonamides is 1. The van der Waals surface area contributed by atoms with Gasteiger partial charge in [-0.25, -0.2) is 13.4 Å². The first-order chi connectivity index (χ1) is 26.0. The van der Waals surface area contributed by atoms with E-state index in [0.29, 0.717) is 60.6 Å². The molecule has 2 aromatic heterocycles. The summed E-state index contributed by atoms with van der Waals surface area (Å²) in [5, 5.41) is 23.3. The Hall–Kier alpha value is -5.09. The molecule has 2 heterocycles. The molecule has 0 aliphatic heterocycles. The van der Waals surface area contributed by atoms with Gasteiger partial charge in [0, 0.05) is 62.0 Å². The van der Waals surface area contributed by atoms with Crippen molar-refractivity contribution >= 4 is 54.8 Å². The topological polar surface area (TPSA) is 290 Å². The lowest BCUT2D eigenvalue weighted by molar-refractivity contribution is -0.138. The van der Waals surface area contributed by atoms with Crippen LogP contribution >= 0.6 is 0 Å². The number of nitrogens with zero attached hydrogens (tertiary/aromatic N) is 3. The number of carbonyl (C=O) groups excluding carboxylic acids is 2. The van der Waals surface area contributed by atoms with Gasteiger partial charge in [-0.1, -0.05) is 0 Å². The Labute approximate surface area is 318 Å². The number of rotatable bonds is 23. The summed E-state index contributed by atoms with van der Waals surface area (Å²) in [6.45, 7) is 4.27. The number of aliphatic carboxylic acids is 1. The van der Waals surface area contributed by atoms with E-state index in [9.17, 15) is 36.3 Å². The van der Waals surface area contributed by atoms with Gasteiger partial charge >= 0.3 is 5.97 Å². The number of aromatic nitrogens is 4. The van der Waals surface area contributed by atoms with Crippen molar-refractivity contribution in [1.82, 2.24) is 35.1 Å². The number of anilines is 1. The third-order valence-corrected chi connectivity index (χ3v) is 10.9. The van der Waals surface area contributed by atoms with Crippen LogP contribution in [0.1, 0.15) is 53.6 Å². The Morgan fingerprint density at radius 3 is 2.44 bits per heavy atom. The van der Waals surface area contributed by atoms with Crippen LogP contribution in [0.25, 0.3) is 10.9 Å². The Morgan fingerprint density at radius 1 is 1.02 bits per heavy atom. The Bertz CT molecular complexity index is 2130. The van der Waals surface area contributed by atoms with Gasteiger partial charge in [0.15, 0.2) is 5.95 Å². The molecule has 9 N–H and O–H groups in total. The molecule has 55 heavy (non-hydrogen) atoms. The van der Waals surface area contributed by atoms with Gasteiger partial charge in [0.2, 0.25) is 15.9 Å². The number of aryl methyl sites for hydroxylation is 3. The van der Waals surface area contributed by atoms with Crippen LogP contribution in [0.15, 0.2) is 53.8 Å². The average Bonchev–Trinajstić information content (AvgIpc) is 3.77. The monoisotopic (exact) mass is 805 g/mol. The van der Waals surface area contributed by atoms with Crippen LogP contribution in [0, 0.1) is 13.8 Å². The summed E-state index contributed by atoms with van der Waals surface area (Å²) >= 11 is 0. The molecular formula is C34H47N9O10S2. The summed E-state index contributed by atoms with van der Waals surface area (Å²) in [6.07, 6.45) is 7.00. The van der Waals surface area contributed by atoms with Crippen LogP contribution in [-0.2, 0) is 36.3 Å². The van der Waals surface area contributed by atoms with Crippen molar-refractivity contribution in [2.24, 2.45) is 5.73 Å². The van der Waals surface area contributed by atoms with E-state index in [1.165, 1.54) is 26.0 Å². The van der Waals surface area contributed by atoms with E-state index < -0.39 is 56.4 Å². The van der Waals surface area contributed by atoms with Gasteiger partial charge < -0.3 is 36.5 Å². The number of fused-ring (bicyclic) bond motifs is 1. The molecular weight excluding hydrogens is 759 g/mol. The zero-order valence-corrected chi connectivity index (χ0v) is 32.1. The van der Waals surface area contributed by atoms with Crippen LogP contribution < -0.4 is 31.1 Å². The van der Waals surface area contributed by atoms with E-state index in [-0.39, 0.29) is 35.9 Å². The van der Waals surface area contributed by atoms with Gasteiger partial charge in [-0.15, -0.1) is 0 Å². The number of hydrogen-bond acceptors (Lipinski definition) is 12. The molecule has 0 aliphatic rings. The number of benzene rings is 2. The minimum absolute atomic E-state index is 0.132. The van der Waals surface area contributed by atoms with Crippen LogP contribution in [0.3, 0.4) is 0 Å². The summed E-state index contributed by atoms with van der Waals surface area (Å²) < 4.78 is 67.1. The number of carboxylic acid groups (broad SMARTS) is 1. The lowest BCUT2D eigenvalue weighted by Gasteiger charge is -2.19. The average molecular weight is 806 g/mol. The molecule has 4 aromatic rings. The second kappa shape index (κ2) is 19.5. The Kier molecular flexibility index (Phi) is 15.1. The first-order valence-electron chi connectivity index (χ1n) is 17.5. The van der Waals surface area contributed by atoms with E-state index in [1.807, 2.05) is 4.68 Å². The van der Waals surface area contributed by atoms with Crippen LogP contribution in [0.2, 0.25) is 0 Å². The second-order valence-electron chi connectivity index (χ2n) is 12.9. The highest BCUT2D eigenvalue weighted by Crippen LogP contribution is 2.26. The first-order valence-corrected chi connectivity index (χ1v) is 20.6. The molecule has 0 spiro atoms. The van der Waals surface area contributed by atoms with Crippen molar-refractivity contribution in [2.75, 3.05) is 37.3 Å².